The Balaban J connectivity index is 1.23. The van der Waals surface area contributed by atoms with Gasteiger partial charge in [0.25, 0.3) is 23.6 Å². The first-order valence-electron chi connectivity index (χ1n) is 15.3. The van der Waals surface area contributed by atoms with Crippen molar-refractivity contribution in [2.45, 2.75) is 17.8 Å². The first kappa shape index (κ1) is 32.0. The number of nitrogens with zero attached hydrogens (tertiary/aromatic N) is 2. The molecule has 0 aliphatic carbocycles. The smallest absolute Gasteiger partial charge is 0.411 e. The lowest BCUT2D eigenvalue weighted by Crippen LogP contribution is -2.55. The van der Waals surface area contributed by atoms with E-state index in [0.717, 1.165) is 12.1 Å². The molecule has 14 heteroatoms. The summed E-state index contributed by atoms with van der Waals surface area (Å²) in [5.74, 6) is -3.56. The van der Waals surface area contributed by atoms with Crippen LogP contribution in [-0.4, -0.2) is 49.2 Å². The van der Waals surface area contributed by atoms with Crippen LogP contribution in [0.4, 0.5) is 37.7 Å². The molecule has 0 radical (unpaired) electrons. The molecule has 4 aliphatic rings. The van der Waals surface area contributed by atoms with Gasteiger partial charge in [-0.15, -0.1) is 0 Å². The van der Waals surface area contributed by atoms with Crippen LogP contribution in [0, 0.1) is 0 Å². The van der Waals surface area contributed by atoms with Crippen molar-refractivity contribution in [2.24, 2.45) is 0 Å². The van der Waals surface area contributed by atoms with Crippen LogP contribution >= 0.6 is 0 Å². The Morgan fingerprint density at radius 2 is 0.882 bits per heavy atom. The second kappa shape index (κ2) is 10.9. The van der Waals surface area contributed by atoms with Crippen LogP contribution in [0.1, 0.15) is 63.7 Å². The number of rotatable bonds is 4. The zero-order valence-electron chi connectivity index (χ0n) is 25.8. The fourth-order valence-corrected chi connectivity index (χ4v) is 6.87. The van der Waals surface area contributed by atoms with Crippen molar-refractivity contribution in [3.8, 4) is 11.5 Å². The van der Waals surface area contributed by atoms with Crippen molar-refractivity contribution >= 4 is 47.2 Å². The highest BCUT2D eigenvalue weighted by molar-refractivity contribution is 6.35. The highest BCUT2D eigenvalue weighted by Crippen LogP contribution is 2.57. The van der Waals surface area contributed by atoms with E-state index in [1.54, 1.807) is 36.4 Å². The third-order valence-corrected chi connectivity index (χ3v) is 9.27. The number of hydrogen-bond donors (Lipinski definition) is 0. The zero-order chi connectivity index (χ0) is 36.0. The Morgan fingerprint density at radius 3 is 1.27 bits per heavy atom. The van der Waals surface area contributed by atoms with Gasteiger partial charge < -0.3 is 9.47 Å². The minimum absolute atomic E-state index is 0.00279. The standard InChI is InChI=1S/C37H20F6N2O6/c38-36(39,40)35(37(41,42)43,21-7-11-25-27(15-21)33(48)44(31(25)46)23-9-5-19-3-1-13-50-29(19)17-23)22-8-12-26-28(16-22)34(49)45(32(26)47)24-10-6-20-4-2-14-51-30(20)18-24/h1-12,15-18H,13-14H2. The molecule has 256 valence electrons. The van der Waals surface area contributed by atoms with Gasteiger partial charge in [0.2, 0.25) is 5.41 Å². The minimum atomic E-state index is -6.10. The summed E-state index contributed by atoms with van der Waals surface area (Å²) in [4.78, 5) is 55.1. The van der Waals surface area contributed by atoms with Crippen LogP contribution in [0.25, 0.3) is 12.2 Å². The maximum atomic E-state index is 15.2. The number of benzene rings is 4. The molecule has 51 heavy (non-hydrogen) atoms. The summed E-state index contributed by atoms with van der Waals surface area (Å²) in [6, 6.07) is 11.9. The average Bonchev–Trinajstić information content (AvgIpc) is 3.50. The van der Waals surface area contributed by atoms with E-state index in [2.05, 4.69) is 0 Å². The fraction of sp³-hybridized carbons (Fsp3) is 0.135. The molecular formula is C37H20F6N2O6. The summed E-state index contributed by atoms with van der Waals surface area (Å²) in [7, 11) is 0. The van der Waals surface area contributed by atoms with Gasteiger partial charge in [-0.25, -0.2) is 9.80 Å². The maximum Gasteiger partial charge on any atom is 0.411 e. The number of anilines is 2. The predicted octanol–water partition coefficient (Wildman–Crippen LogP) is 7.51. The molecule has 0 N–H and O–H groups in total. The van der Waals surface area contributed by atoms with Crippen molar-refractivity contribution < 1.29 is 55.0 Å². The van der Waals surface area contributed by atoms with Crippen molar-refractivity contribution in [1.29, 1.82) is 0 Å². The van der Waals surface area contributed by atoms with E-state index >= 15 is 26.3 Å². The molecule has 8 rings (SSSR count). The average molecular weight is 703 g/mol. The Morgan fingerprint density at radius 1 is 0.490 bits per heavy atom. The van der Waals surface area contributed by atoms with E-state index in [4.69, 9.17) is 9.47 Å². The maximum absolute atomic E-state index is 15.2. The normalized spacial score (nSPS) is 16.5. The number of hydrogen-bond acceptors (Lipinski definition) is 6. The van der Waals surface area contributed by atoms with Crippen LogP contribution in [0.3, 0.4) is 0 Å². The number of halogens is 6. The molecule has 4 aromatic carbocycles. The van der Waals surface area contributed by atoms with Gasteiger partial charge in [-0.1, -0.05) is 24.3 Å². The third kappa shape index (κ3) is 4.55. The Kier molecular flexibility index (Phi) is 6.86. The van der Waals surface area contributed by atoms with Crippen LogP contribution in [0.2, 0.25) is 0 Å². The summed E-state index contributed by atoms with van der Waals surface area (Å²) < 4.78 is 102. The largest absolute Gasteiger partial charge is 0.489 e. The van der Waals surface area contributed by atoms with E-state index in [1.807, 2.05) is 0 Å². The van der Waals surface area contributed by atoms with Crippen LogP contribution < -0.4 is 19.3 Å². The Bertz CT molecular complexity index is 2150. The molecule has 4 aliphatic heterocycles. The molecule has 4 amide bonds. The van der Waals surface area contributed by atoms with Gasteiger partial charge in [-0.05, 0) is 71.8 Å². The number of carbonyl (C=O) groups is 4. The molecule has 0 saturated heterocycles. The van der Waals surface area contributed by atoms with Gasteiger partial charge in [-0.3, -0.25) is 19.2 Å². The van der Waals surface area contributed by atoms with Gasteiger partial charge in [0, 0.05) is 23.3 Å². The Labute approximate surface area is 283 Å². The fourth-order valence-electron chi connectivity index (χ4n) is 6.87. The van der Waals surface area contributed by atoms with Crippen LogP contribution in [-0.2, 0) is 5.41 Å². The van der Waals surface area contributed by atoms with Gasteiger partial charge in [0.1, 0.15) is 24.7 Å². The first-order chi connectivity index (χ1) is 24.2. The van der Waals surface area contributed by atoms with E-state index in [1.165, 1.54) is 24.3 Å². The number of ether oxygens (including phenoxy) is 2. The lowest BCUT2D eigenvalue weighted by molar-refractivity contribution is -0.288. The molecule has 0 aromatic heterocycles. The van der Waals surface area contributed by atoms with Crippen molar-refractivity contribution in [3.63, 3.8) is 0 Å². The van der Waals surface area contributed by atoms with Crippen LogP contribution in [0.15, 0.2) is 84.9 Å². The van der Waals surface area contributed by atoms with E-state index in [0.29, 0.717) is 56.7 Å². The SMILES string of the molecule is O=C1c2ccc(C(c3ccc4c(c3)C(=O)N(c3ccc5c(c3)OCC=C5)C4=O)(C(F)(F)F)C(F)(F)F)cc2C(=O)N1c1ccc2c(c1)OCC=C2. The molecule has 0 fully saturated rings. The molecule has 8 nitrogen and oxygen atoms in total. The second-order valence-corrected chi connectivity index (χ2v) is 12.0. The molecule has 0 saturated carbocycles. The van der Waals surface area contributed by atoms with Gasteiger partial charge in [0.05, 0.1) is 33.6 Å². The van der Waals surface area contributed by atoms with Crippen molar-refractivity contribution in [1.82, 2.24) is 0 Å². The summed E-state index contributed by atoms with van der Waals surface area (Å²) >= 11 is 0. The molecule has 4 aromatic rings. The highest BCUT2D eigenvalue weighted by Gasteiger charge is 2.73. The lowest BCUT2D eigenvalue weighted by atomic mass is 9.71. The minimum Gasteiger partial charge on any atom is -0.489 e. The summed E-state index contributed by atoms with van der Waals surface area (Å²) in [5.41, 5.74) is -8.54. The molecule has 0 bridgehead atoms. The number of imide groups is 2. The number of amides is 4. The van der Waals surface area contributed by atoms with E-state index < -0.39 is 74.8 Å². The van der Waals surface area contributed by atoms with E-state index in [-0.39, 0.29) is 24.6 Å². The van der Waals surface area contributed by atoms with E-state index in [9.17, 15) is 19.2 Å². The molecule has 4 heterocycles. The van der Waals surface area contributed by atoms with Gasteiger partial charge >= 0.3 is 12.4 Å². The van der Waals surface area contributed by atoms with Crippen molar-refractivity contribution in [2.75, 3.05) is 23.0 Å². The molecular weight excluding hydrogens is 682 g/mol. The predicted molar refractivity (Wildman–Crippen MR) is 170 cm³/mol. The molecule has 0 spiro atoms. The number of fused-ring (bicyclic) bond motifs is 4. The first-order valence-corrected chi connectivity index (χ1v) is 15.3. The number of alkyl halides is 6. The number of carbonyl (C=O) groups excluding carboxylic acids is 4. The van der Waals surface area contributed by atoms with Gasteiger partial charge in [0.15, 0.2) is 0 Å². The zero-order valence-corrected chi connectivity index (χ0v) is 25.8. The summed E-state index contributed by atoms with van der Waals surface area (Å²) in [6.07, 6.45) is -5.26. The van der Waals surface area contributed by atoms with Gasteiger partial charge in [-0.2, -0.15) is 26.3 Å². The summed E-state index contributed by atoms with van der Waals surface area (Å²) in [5, 5.41) is 0. The molecule has 0 unspecified atom stereocenters. The van der Waals surface area contributed by atoms with Crippen molar-refractivity contribution in [3.05, 3.63) is 129 Å². The third-order valence-electron chi connectivity index (χ3n) is 9.27. The topological polar surface area (TPSA) is 93.2 Å². The monoisotopic (exact) mass is 702 g/mol. The lowest BCUT2D eigenvalue weighted by Gasteiger charge is -2.38. The highest BCUT2D eigenvalue weighted by atomic mass is 19.4. The van der Waals surface area contributed by atoms with Crippen LogP contribution in [0.5, 0.6) is 11.5 Å². The second-order valence-electron chi connectivity index (χ2n) is 12.0. The quantitative estimate of drug-likeness (QED) is 0.162. The Hall–Kier alpha value is -6.18. The molecule has 0 atom stereocenters. The summed E-state index contributed by atoms with van der Waals surface area (Å²) in [6.45, 7) is 0.417.